The Hall–Kier alpha value is -3.15. The third kappa shape index (κ3) is 3.38. The summed E-state index contributed by atoms with van der Waals surface area (Å²) in [6.07, 6.45) is 1.38. The number of hydrogen-bond acceptors (Lipinski definition) is 3. The Balaban J connectivity index is 1.52. The second kappa shape index (κ2) is 7.46. The van der Waals surface area contributed by atoms with Gasteiger partial charge in [0.05, 0.1) is 12.7 Å². The minimum Gasteiger partial charge on any atom is -0.465 e. The number of aromatic nitrogens is 1. The maximum atomic E-state index is 13.8. The molecule has 1 amide bonds. The van der Waals surface area contributed by atoms with E-state index >= 15 is 0 Å². The van der Waals surface area contributed by atoms with Gasteiger partial charge in [0.2, 0.25) is 5.91 Å². The average Bonchev–Trinajstić information content (AvgIpc) is 3.09. The molecule has 0 spiro atoms. The Morgan fingerprint density at radius 1 is 1.21 bits per heavy atom. The van der Waals surface area contributed by atoms with Gasteiger partial charge in [0.1, 0.15) is 5.82 Å². The van der Waals surface area contributed by atoms with Crippen LogP contribution >= 0.6 is 0 Å². The van der Waals surface area contributed by atoms with E-state index in [1.54, 1.807) is 29.2 Å². The van der Waals surface area contributed by atoms with Gasteiger partial charge in [0, 0.05) is 48.1 Å². The molecular weight excluding hydrogens is 359 g/mol. The van der Waals surface area contributed by atoms with Crippen molar-refractivity contribution in [3.63, 3.8) is 0 Å². The normalized spacial score (nSPS) is 13.4. The molecule has 2 heterocycles. The van der Waals surface area contributed by atoms with Gasteiger partial charge in [-0.1, -0.05) is 18.2 Å². The van der Waals surface area contributed by atoms with Crippen LogP contribution in [0.4, 0.5) is 4.39 Å². The molecule has 1 aliphatic rings. The van der Waals surface area contributed by atoms with Crippen LogP contribution in [0.15, 0.2) is 42.5 Å². The SMILES string of the molecule is COC(=O)c1ccc2[nH]c3c(c2c1)CN(C(=O)CCc1ccccc1F)CC3. The number of fused-ring (bicyclic) bond motifs is 3. The highest BCUT2D eigenvalue weighted by atomic mass is 19.1. The number of nitrogens with zero attached hydrogens (tertiary/aromatic N) is 1. The number of hydrogen-bond donors (Lipinski definition) is 1. The van der Waals surface area contributed by atoms with Gasteiger partial charge in [0.15, 0.2) is 0 Å². The Morgan fingerprint density at radius 3 is 2.82 bits per heavy atom. The predicted molar refractivity (Wildman–Crippen MR) is 103 cm³/mol. The number of rotatable bonds is 4. The lowest BCUT2D eigenvalue weighted by Gasteiger charge is -2.27. The van der Waals surface area contributed by atoms with E-state index < -0.39 is 0 Å². The van der Waals surface area contributed by atoms with Crippen molar-refractivity contribution in [2.75, 3.05) is 13.7 Å². The van der Waals surface area contributed by atoms with Crippen LogP contribution in [0.2, 0.25) is 0 Å². The summed E-state index contributed by atoms with van der Waals surface area (Å²) < 4.78 is 18.6. The first-order valence-corrected chi connectivity index (χ1v) is 9.30. The maximum Gasteiger partial charge on any atom is 0.337 e. The maximum absolute atomic E-state index is 13.8. The zero-order chi connectivity index (χ0) is 19.7. The highest BCUT2D eigenvalue weighted by Crippen LogP contribution is 2.29. The van der Waals surface area contributed by atoms with Crippen LogP contribution < -0.4 is 0 Å². The van der Waals surface area contributed by atoms with Crippen molar-refractivity contribution in [1.29, 1.82) is 0 Å². The van der Waals surface area contributed by atoms with Crippen molar-refractivity contribution in [3.05, 3.63) is 70.7 Å². The fourth-order valence-electron chi connectivity index (χ4n) is 3.77. The van der Waals surface area contributed by atoms with Gasteiger partial charge in [-0.2, -0.15) is 0 Å². The minimum atomic E-state index is -0.384. The molecule has 5 nitrogen and oxygen atoms in total. The molecule has 0 atom stereocenters. The van der Waals surface area contributed by atoms with Gasteiger partial charge in [-0.05, 0) is 36.2 Å². The second-order valence-corrected chi connectivity index (χ2v) is 6.99. The lowest BCUT2D eigenvalue weighted by atomic mass is 10.0. The zero-order valence-corrected chi connectivity index (χ0v) is 15.6. The van der Waals surface area contributed by atoms with Gasteiger partial charge in [-0.3, -0.25) is 4.79 Å². The first-order chi connectivity index (χ1) is 13.6. The van der Waals surface area contributed by atoms with E-state index in [4.69, 9.17) is 4.74 Å². The average molecular weight is 380 g/mol. The molecule has 1 N–H and O–H groups in total. The molecule has 0 saturated heterocycles. The summed E-state index contributed by atoms with van der Waals surface area (Å²) in [4.78, 5) is 29.7. The summed E-state index contributed by atoms with van der Waals surface area (Å²) in [6, 6.07) is 12.0. The molecule has 6 heteroatoms. The van der Waals surface area contributed by atoms with Crippen molar-refractivity contribution in [2.45, 2.75) is 25.8 Å². The number of halogens is 1. The van der Waals surface area contributed by atoms with Crippen LogP contribution in [-0.4, -0.2) is 35.4 Å². The molecular formula is C22H21FN2O3. The summed E-state index contributed by atoms with van der Waals surface area (Å²) in [7, 11) is 1.36. The highest BCUT2D eigenvalue weighted by Gasteiger charge is 2.24. The van der Waals surface area contributed by atoms with Crippen molar-refractivity contribution in [1.82, 2.24) is 9.88 Å². The molecule has 1 aliphatic heterocycles. The lowest BCUT2D eigenvalue weighted by molar-refractivity contribution is -0.132. The summed E-state index contributed by atoms with van der Waals surface area (Å²) >= 11 is 0. The van der Waals surface area contributed by atoms with Gasteiger partial charge in [0.25, 0.3) is 0 Å². The number of esters is 1. The van der Waals surface area contributed by atoms with Crippen molar-refractivity contribution in [2.24, 2.45) is 0 Å². The Labute approximate surface area is 162 Å². The van der Waals surface area contributed by atoms with Crippen LogP contribution in [0.1, 0.15) is 33.6 Å². The van der Waals surface area contributed by atoms with E-state index in [1.807, 2.05) is 12.1 Å². The number of H-pyrrole nitrogens is 1. The zero-order valence-electron chi connectivity index (χ0n) is 15.6. The number of carbonyl (C=O) groups is 2. The number of methoxy groups -OCH3 is 1. The second-order valence-electron chi connectivity index (χ2n) is 6.99. The smallest absolute Gasteiger partial charge is 0.337 e. The van der Waals surface area contributed by atoms with E-state index in [-0.39, 0.29) is 24.1 Å². The van der Waals surface area contributed by atoms with Gasteiger partial charge >= 0.3 is 5.97 Å². The third-order valence-electron chi connectivity index (χ3n) is 5.32. The van der Waals surface area contributed by atoms with E-state index in [0.29, 0.717) is 30.6 Å². The van der Waals surface area contributed by atoms with Gasteiger partial charge in [-0.15, -0.1) is 0 Å². The van der Waals surface area contributed by atoms with Crippen molar-refractivity contribution in [3.8, 4) is 0 Å². The quantitative estimate of drug-likeness (QED) is 0.704. The Bertz CT molecular complexity index is 1060. The van der Waals surface area contributed by atoms with E-state index in [2.05, 4.69) is 4.98 Å². The van der Waals surface area contributed by atoms with E-state index in [0.717, 1.165) is 28.6 Å². The van der Waals surface area contributed by atoms with Gasteiger partial charge < -0.3 is 14.6 Å². The monoisotopic (exact) mass is 380 g/mol. The fraction of sp³-hybridized carbons (Fsp3) is 0.273. The summed E-state index contributed by atoms with van der Waals surface area (Å²) in [5, 5.41) is 0.935. The summed E-state index contributed by atoms with van der Waals surface area (Å²) in [5.74, 6) is -0.652. The molecule has 0 saturated carbocycles. The molecule has 1 aromatic heterocycles. The number of benzene rings is 2. The number of amides is 1. The van der Waals surface area contributed by atoms with Crippen LogP contribution in [0, 0.1) is 5.82 Å². The first-order valence-electron chi connectivity index (χ1n) is 9.30. The molecule has 0 aliphatic carbocycles. The molecule has 2 aromatic carbocycles. The number of carbonyl (C=O) groups excluding carboxylic acids is 2. The fourth-order valence-corrected chi connectivity index (χ4v) is 3.77. The molecule has 0 bridgehead atoms. The molecule has 0 radical (unpaired) electrons. The predicted octanol–water partition coefficient (Wildman–Crippen LogP) is 3.61. The molecule has 144 valence electrons. The Kier molecular flexibility index (Phi) is 4.86. The largest absolute Gasteiger partial charge is 0.465 e. The number of aromatic amines is 1. The first kappa shape index (κ1) is 18.2. The number of aryl methyl sites for hydroxylation is 1. The van der Waals surface area contributed by atoms with Crippen LogP contribution in [0.25, 0.3) is 10.9 Å². The topological polar surface area (TPSA) is 62.4 Å². The lowest BCUT2D eigenvalue weighted by Crippen LogP contribution is -2.35. The standard InChI is InChI=1S/C22H21FN2O3/c1-28-22(27)15-6-8-19-16(12-15)17-13-25(11-10-20(17)24-19)21(26)9-7-14-4-2-3-5-18(14)23/h2-6,8,12,24H,7,9-11,13H2,1H3. The highest BCUT2D eigenvalue weighted by molar-refractivity contribution is 5.96. The summed E-state index contributed by atoms with van der Waals surface area (Å²) in [5.41, 5.74) is 4.11. The number of ether oxygens (including phenoxy) is 1. The van der Waals surface area contributed by atoms with E-state index in [9.17, 15) is 14.0 Å². The van der Waals surface area contributed by atoms with Crippen molar-refractivity contribution >= 4 is 22.8 Å². The number of nitrogens with one attached hydrogen (secondary N) is 1. The van der Waals surface area contributed by atoms with E-state index in [1.165, 1.54) is 13.2 Å². The summed E-state index contributed by atoms with van der Waals surface area (Å²) in [6.45, 7) is 1.11. The molecule has 4 rings (SSSR count). The van der Waals surface area contributed by atoms with Crippen LogP contribution in [-0.2, 0) is 28.9 Å². The van der Waals surface area contributed by atoms with Crippen LogP contribution in [0.3, 0.4) is 0 Å². The van der Waals surface area contributed by atoms with Gasteiger partial charge in [-0.25, -0.2) is 9.18 Å². The molecule has 28 heavy (non-hydrogen) atoms. The molecule has 0 unspecified atom stereocenters. The molecule has 0 fully saturated rings. The third-order valence-corrected chi connectivity index (χ3v) is 5.32. The minimum absolute atomic E-state index is 0.00683. The Morgan fingerprint density at radius 2 is 2.04 bits per heavy atom. The molecule has 3 aromatic rings. The van der Waals surface area contributed by atoms with Crippen LogP contribution in [0.5, 0.6) is 0 Å². The van der Waals surface area contributed by atoms with Crippen molar-refractivity contribution < 1.29 is 18.7 Å².